The minimum atomic E-state index is -1.63. The summed E-state index contributed by atoms with van der Waals surface area (Å²) in [4.78, 5) is 32.8. The van der Waals surface area contributed by atoms with Gasteiger partial charge in [0.15, 0.2) is 0 Å². The van der Waals surface area contributed by atoms with Gasteiger partial charge in [-0.05, 0) is 35.8 Å². The number of nitro groups is 1. The Morgan fingerprint density at radius 1 is 1.42 bits per heavy atom. The van der Waals surface area contributed by atoms with Crippen LogP contribution in [0.15, 0.2) is 22.7 Å². The predicted octanol–water partition coefficient (Wildman–Crippen LogP) is 2.41. The van der Waals surface area contributed by atoms with Gasteiger partial charge in [0, 0.05) is 16.6 Å². The van der Waals surface area contributed by atoms with Crippen molar-refractivity contribution in [2.75, 3.05) is 5.32 Å². The number of aliphatic carboxylic acids is 1. The highest BCUT2D eigenvalue weighted by Gasteiger charge is 2.36. The lowest BCUT2D eigenvalue weighted by molar-refractivity contribution is -0.384. The summed E-state index contributed by atoms with van der Waals surface area (Å²) < 4.78 is 0.424. The Morgan fingerprint density at radius 3 is 2.47 bits per heavy atom. The number of benzene rings is 1. The van der Waals surface area contributed by atoms with Crippen molar-refractivity contribution in [3.05, 3.63) is 32.8 Å². The van der Waals surface area contributed by atoms with Gasteiger partial charge in [0.05, 0.1) is 10.6 Å². The minimum Gasteiger partial charge on any atom is -0.480 e. The molecule has 8 heteroatoms. The van der Waals surface area contributed by atoms with Crippen molar-refractivity contribution in [3.63, 3.8) is 0 Å². The molecule has 1 aromatic rings. The number of carbonyl (C=O) groups is 2. The summed E-state index contributed by atoms with van der Waals surface area (Å²) in [5.74, 6) is -2.05. The van der Waals surface area contributed by atoms with Gasteiger partial charge in [0.2, 0.25) is 5.91 Å². The number of halogens is 1. The molecule has 0 aliphatic carbocycles. The van der Waals surface area contributed by atoms with Crippen molar-refractivity contribution < 1.29 is 19.6 Å². The summed E-state index contributed by atoms with van der Waals surface area (Å²) in [6, 6.07) is 3.82. The predicted molar refractivity (Wildman–Crippen MR) is 70.8 cm³/mol. The first kappa shape index (κ1) is 15.1. The lowest BCUT2D eigenvalue weighted by Crippen LogP contribution is -2.37. The van der Waals surface area contributed by atoms with Crippen molar-refractivity contribution in [1.82, 2.24) is 0 Å². The number of nitrogens with one attached hydrogen (secondary N) is 1. The standard InChI is InChI=1S/C11H11BrN2O5/c1-11(2,10(16)17)9(15)13-8-5-6(14(18)19)3-4-7(8)12/h3-5H,1-2H3,(H,13,15)(H,16,17). The molecule has 7 nitrogen and oxygen atoms in total. The van der Waals surface area contributed by atoms with Crippen LogP contribution in [0.25, 0.3) is 0 Å². The van der Waals surface area contributed by atoms with Crippen LogP contribution in [-0.4, -0.2) is 21.9 Å². The SMILES string of the molecule is CC(C)(C(=O)O)C(=O)Nc1cc([N+](=O)[O-])ccc1Br. The second-order valence-electron chi connectivity index (χ2n) is 4.31. The monoisotopic (exact) mass is 330 g/mol. The van der Waals surface area contributed by atoms with Gasteiger partial charge in [-0.2, -0.15) is 0 Å². The van der Waals surface area contributed by atoms with E-state index in [0.29, 0.717) is 4.47 Å². The van der Waals surface area contributed by atoms with Gasteiger partial charge in [0.1, 0.15) is 5.41 Å². The molecule has 2 N–H and O–H groups in total. The number of carboxylic acid groups (broad SMARTS) is 1. The summed E-state index contributed by atoms with van der Waals surface area (Å²) in [6.07, 6.45) is 0. The molecular weight excluding hydrogens is 320 g/mol. The van der Waals surface area contributed by atoms with Gasteiger partial charge < -0.3 is 10.4 Å². The van der Waals surface area contributed by atoms with E-state index in [4.69, 9.17) is 5.11 Å². The number of carboxylic acids is 1. The molecule has 0 radical (unpaired) electrons. The van der Waals surface area contributed by atoms with Crippen LogP contribution < -0.4 is 5.32 Å². The van der Waals surface area contributed by atoms with Crippen molar-refractivity contribution in [3.8, 4) is 0 Å². The van der Waals surface area contributed by atoms with Gasteiger partial charge in [0.25, 0.3) is 5.69 Å². The summed E-state index contributed by atoms with van der Waals surface area (Å²) >= 11 is 3.13. The first-order valence-electron chi connectivity index (χ1n) is 5.15. The summed E-state index contributed by atoms with van der Waals surface area (Å²) in [5, 5.41) is 21.9. The molecule has 0 fully saturated rings. The van der Waals surface area contributed by atoms with Gasteiger partial charge >= 0.3 is 5.97 Å². The third kappa shape index (κ3) is 3.28. The number of nitrogens with zero attached hydrogens (tertiary/aromatic N) is 1. The van der Waals surface area contributed by atoms with Gasteiger partial charge in [-0.3, -0.25) is 19.7 Å². The largest absolute Gasteiger partial charge is 0.480 e. The number of carbonyl (C=O) groups excluding carboxylic acids is 1. The Hall–Kier alpha value is -1.96. The summed E-state index contributed by atoms with van der Waals surface area (Å²) in [6.45, 7) is 2.49. The molecule has 102 valence electrons. The van der Waals surface area contributed by atoms with E-state index >= 15 is 0 Å². The molecule has 0 saturated carbocycles. The third-order valence-electron chi connectivity index (χ3n) is 2.51. The average Bonchev–Trinajstić information content (AvgIpc) is 2.31. The summed E-state index contributed by atoms with van der Waals surface area (Å²) in [5.41, 5.74) is -1.69. The maximum atomic E-state index is 11.8. The molecule has 19 heavy (non-hydrogen) atoms. The Morgan fingerprint density at radius 2 is 2.00 bits per heavy atom. The van der Waals surface area contributed by atoms with Crippen LogP contribution in [0.5, 0.6) is 0 Å². The Labute approximate surface area is 116 Å². The number of non-ortho nitro benzene ring substituents is 1. The molecular formula is C11H11BrN2O5. The Kier molecular flexibility index (Phi) is 4.25. The normalized spacial score (nSPS) is 10.9. The van der Waals surface area contributed by atoms with Crippen molar-refractivity contribution in [2.24, 2.45) is 5.41 Å². The molecule has 0 unspecified atom stereocenters. The zero-order valence-electron chi connectivity index (χ0n) is 10.1. The minimum absolute atomic E-state index is 0.147. The molecule has 0 spiro atoms. The zero-order valence-corrected chi connectivity index (χ0v) is 11.7. The van der Waals surface area contributed by atoms with Crippen LogP contribution in [0.4, 0.5) is 11.4 Å². The molecule has 1 rings (SSSR count). The number of hydrogen-bond acceptors (Lipinski definition) is 4. The van der Waals surface area contributed by atoms with Crippen LogP contribution in [0.1, 0.15) is 13.8 Å². The molecule has 1 amide bonds. The highest BCUT2D eigenvalue weighted by atomic mass is 79.9. The maximum Gasteiger partial charge on any atom is 0.318 e. The highest BCUT2D eigenvalue weighted by molar-refractivity contribution is 9.10. The smallest absolute Gasteiger partial charge is 0.318 e. The summed E-state index contributed by atoms with van der Waals surface area (Å²) in [7, 11) is 0. The first-order valence-corrected chi connectivity index (χ1v) is 5.94. The van der Waals surface area contributed by atoms with Crippen LogP contribution in [0, 0.1) is 15.5 Å². The third-order valence-corrected chi connectivity index (χ3v) is 3.20. The second kappa shape index (κ2) is 5.35. The number of hydrogen-bond donors (Lipinski definition) is 2. The quantitative estimate of drug-likeness (QED) is 0.500. The van der Waals surface area contributed by atoms with Crippen molar-refractivity contribution >= 4 is 39.2 Å². The molecule has 0 atom stereocenters. The van der Waals surface area contributed by atoms with E-state index in [1.165, 1.54) is 26.0 Å². The number of amides is 1. The number of anilines is 1. The Bertz CT molecular complexity index is 556. The van der Waals surface area contributed by atoms with E-state index in [2.05, 4.69) is 21.2 Å². The van der Waals surface area contributed by atoms with Crippen molar-refractivity contribution in [2.45, 2.75) is 13.8 Å². The maximum absolute atomic E-state index is 11.8. The van der Waals surface area contributed by atoms with Crippen LogP contribution >= 0.6 is 15.9 Å². The van der Waals surface area contributed by atoms with Crippen LogP contribution in [-0.2, 0) is 9.59 Å². The van der Waals surface area contributed by atoms with Crippen LogP contribution in [0.3, 0.4) is 0 Å². The van der Waals surface area contributed by atoms with Crippen LogP contribution in [0.2, 0.25) is 0 Å². The number of rotatable bonds is 4. The van der Waals surface area contributed by atoms with E-state index in [-0.39, 0.29) is 11.4 Å². The zero-order chi connectivity index (χ0) is 14.8. The molecule has 0 saturated heterocycles. The fourth-order valence-electron chi connectivity index (χ4n) is 1.10. The lowest BCUT2D eigenvalue weighted by Gasteiger charge is -2.18. The van der Waals surface area contributed by atoms with Crippen molar-refractivity contribution in [1.29, 1.82) is 0 Å². The first-order chi connectivity index (χ1) is 8.66. The molecule has 0 aliphatic rings. The topological polar surface area (TPSA) is 110 Å². The van der Waals surface area contributed by atoms with Gasteiger partial charge in [-0.1, -0.05) is 0 Å². The molecule has 1 aromatic carbocycles. The van der Waals surface area contributed by atoms with E-state index in [9.17, 15) is 19.7 Å². The lowest BCUT2D eigenvalue weighted by atomic mass is 9.92. The molecule has 0 aliphatic heterocycles. The average molecular weight is 331 g/mol. The van der Waals surface area contributed by atoms with E-state index in [1.807, 2.05) is 0 Å². The van der Waals surface area contributed by atoms with E-state index in [1.54, 1.807) is 0 Å². The highest BCUT2D eigenvalue weighted by Crippen LogP contribution is 2.29. The van der Waals surface area contributed by atoms with Gasteiger partial charge in [-0.25, -0.2) is 0 Å². The second-order valence-corrected chi connectivity index (χ2v) is 5.16. The van der Waals surface area contributed by atoms with Gasteiger partial charge in [-0.15, -0.1) is 0 Å². The fourth-order valence-corrected chi connectivity index (χ4v) is 1.44. The fraction of sp³-hybridized carbons (Fsp3) is 0.273. The van der Waals surface area contributed by atoms with E-state index in [0.717, 1.165) is 6.07 Å². The van der Waals surface area contributed by atoms with E-state index < -0.39 is 22.2 Å². The molecule has 0 aromatic heterocycles. The number of nitro benzene ring substituents is 1. The molecule has 0 bridgehead atoms. The Balaban J connectivity index is 3.06. The molecule has 0 heterocycles.